The van der Waals surface area contributed by atoms with Crippen LogP contribution in [0.5, 0.6) is 0 Å². The summed E-state index contributed by atoms with van der Waals surface area (Å²) in [5.74, 6) is 0.170. The number of oxazole rings is 1. The van der Waals surface area contributed by atoms with E-state index in [4.69, 9.17) is 4.42 Å². The van der Waals surface area contributed by atoms with Crippen LogP contribution in [-0.4, -0.2) is 28.1 Å². The van der Waals surface area contributed by atoms with Gasteiger partial charge in [0.15, 0.2) is 5.58 Å². The molecule has 1 aliphatic carbocycles. The molecule has 0 spiro atoms. The van der Waals surface area contributed by atoms with Gasteiger partial charge in [0.05, 0.1) is 12.1 Å². The highest BCUT2D eigenvalue weighted by molar-refractivity contribution is 5.92. The van der Waals surface area contributed by atoms with Crippen molar-refractivity contribution in [3.05, 3.63) is 36.2 Å². The maximum absolute atomic E-state index is 12.0. The number of nitrogens with one attached hydrogen (secondary N) is 1. The minimum absolute atomic E-state index is 0.0184. The quantitative estimate of drug-likeness (QED) is 0.845. The lowest BCUT2D eigenvalue weighted by atomic mass is 9.99. The summed E-state index contributed by atoms with van der Waals surface area (Å²) in [6, 6.07) is 7.45. The molecule has 3 rings (SSSR count). The molecule has 2 aromatic rings. The van der Waals surface area contributed by atoms with Crippen LogP contribution in [0.15, 0.2) is 34.8 Å². The SMILES string of the molecule is O=C(/C=C/c1nc2ccccc2o1)NC1(CO)CCCC1. The molecule has 0 saturated heterocycles. The number of carbonyl (C=O) groups excluding carboxylic acids is 1. The van der Waals surface area contributed by atoms with E-state index in [1.54, 1.807) is 6.08 Å². The Bertz CT molecular complexity index is 636. The van der Waals surface area contributed by atoms with Crippen molar-refractivity contribution in [2.45, 2.75) is 31.2 Å². The van der Waals surface area contributed by atoms with Crippen LogP contribution < -0.4 is 5.32 Å². The largest absolute Gasteiger partial charge is 0.437 e. The van der Waals surface area contributed by atoms with Crippen LogP contribution in [0, 0.1) is 0 Å². The molecule has 2 N–H and O–H groups in total. The van der Waals surface area contributed by atoms with Gasteiger partial charge in [-0.15, -0.1) is 0 Å². The Labute approximate surface area is 122 Å². The predicted molar refractivity (Wildman–Crippen MR) is 79.5 cm³/mol. The van der Waals surface area contributed by atoms with Crippen molar-refractivity contribution in [1.29, 1.82) is 0 Å². The maximum Gasteiger partial charge on any atom is 0.244 e. The zero-order chi connectivity index (χ0) is 14.7. The number of amides is 1. The van der Waals surface area contributed by atoms with Gasteiger partial charge in [0.2, 0.25) is 11.8 Å². The fourth-order valence-corrected chi connectivity index (χ4v) is 2.79. The summed E-state index contributed by atoms with van der Waals surface area (Å²) >= 11 is 0. The van der Waals surface area contributed by atoms with E-state index in [1.165, 1.54) is 6.08 Å². The van der Waals surface area contributed by atoms with Gasteiger partial charge in [-0.3, -0.25) is 4.79 Å². The van der Waals surface area contributed by atoms with Crippen LogP contribution in [0.1, 0.15) is 31.6 Å². The van der Waals surface area contributed by atoms with Crippen LogP contribution in [0.25, 0.3) is 17.2 Å². The summed E-state index contributed by atoms with van der Waals surface area (Å²) in [5, 5.41) is 12.4. The fourth-order valence-electron chi connectivity index (χ4n) is 2.79. The van der Waals surface area contributed by atoms with Crippen molar-refractivity contribution in [2.24, 2.45) is 0 Å². The van der Waals surface area contributed by atoms with Crippen LogP contribution in [0.3, 0.4) is 0 Å². The molecule has 5 heteroatoms. The summed E-state index contributed by atoms with van der Waals surface area (Å²) < 4.78 is 5.51. The molecule has 1 aromatic heterocycles. The van der Waals surface area contributed by atoms with Gasteiger partial charge >= 0.3 is 0 Å². The smallest absolute Gasteiger partial charge is 0.244 e. The number of hydrogen-bond acceptors (Lipinski definition) is 4. The highest BCUT2D eigenvalue weighted by atomic mass is 16.3. The Kier molecular flexibility index (Phi) is 3.75. The maximum atomic E-state index is 12.0. The summed E-state index contributed by atoms with van der Waals surface area (Å²) in [5.41, 5.74) is 1.00. The topological polar surface area (TPSA) is 75.4 Å². The minimum Gasteiger partial charge on any atom is -0.437 e. The number of hydrogen-bond donors (Lipinski definition) is 2. The molecular weight excluding hydrogens is 268 g/mol. The van der Waals surface area contributed by atoms with Crippen molar-refractivity contribution in [3.8, 4) is 0 Å². The second-order valence-electron chi connectivity index (χ2n) is 5.49. The van der Waals surface area contributed by atoms with Crippen LogP contribution in [0.4, 0.5) is 0 Å². The molecule has 1 heterocycles. The lowest BCUT2D eigenvalue weighted by Gasteiger charge is -2.27. The average molecular weight is 286 g/mol. The number of para-hydroxylation sites is 2. The Morgan fingerprint density at radius 3 is 2.86 bits per heavy atom. The Morgan fingerprint density at radius 2 is 2.14 bits per heavy atom. The molecule has 0 bridgehead atoms. The first-order chi connectivity index (χ1) is 10.2. The zero-order valence-electron chi connectivity index (χ0n) is 11.7. The van der Waals surface area contributed by atoms with Crippen LogP contribution in [0.2, 0.25) is 0 Å². The molecule has 0 aliphatic heterocycles. The van der Waals surface area contributed by atoms with Gasteiger partial charge in [0.1, 0.15) is 5.52 Å². The molecular formula is C16H18N2O3. The van der Waals surface area contributed by atoms with E-state index in [-0.39, 0.29) is 12.5 Å². The van der Waals surface area contributed by atoms with Gasteiger partial charge in [-0.1, -0.05) is 25.0 Å². The second kappa shape index (κ2) is 5.69. The summed E-state index contributed by atoms with van der Waals surface area (Å²) in [6.07, 6.45) is 6.68. The molecule has 1 aliphatic rings. The molecule has 110 valence electrons. The standard InChI is InChI=1S/C16H18N2O3/c19-11-16(9-3-4-10-16)18-14(20)7-8-15-17-12-5-1-2-6-13(12)21-15/h1-2,5-8,19H,3-4,9-11H2,(H,18,20)/b8-7+. The van der Waals surface area contributed by atoms with E-state index in [0.717, 1.165) is 31.2 Å². The van der Waals surface area contributed by atoms with E-state index in [2.05, 4.69) is 10.3 Å². The van der Waals surface area contributed by atoms with Crippen molar-refractivity contribution >= 4 is 23.1 Å². The summed E-state index contributed by atoms with van der Waals surface area (Å²) in [4.78, 5) is 16.2. The summed E-state index contributed by atoms with van der Waals surface area (Å²) in [6.45, 7) is -0.0184. The molecule has 0 atom stereocenters. The van der Waals surface area contributed by atoms with Crippen molar-refractivity contribution in [1.82, 2.24) is 10.3 Å². The predicted octanol–water partition coefficient (Wildman–Crippen LogP) is 2.26. The van der Waals surface area contributed by atoms with Crippen LogP contribution in [-0.2, 0) is 4.79 Å². The molecule has 5 nitrogen and oxygen atoms in total. The summed E-state index contributed by atoms with van der Waals surface area (Å²) in [7, 11) is 0. The van der Waals surface area contributed by atoms with Gasteiger partial charge in [0, 0.05) is 12.2 Å². The molecule has 21 heavy (non-hydrogen) atoms. The van der Waals surface area contributed by atoms with Crippen molar-refractivity contribution in [3.63, 3.8) is 0 Å². The van der Waals surface area contributed by atoms with E-state index in [0.29, 0.717) is 11.5 Å². The second-order valence-corrected chi connectivity index (χ2v) is 5.49. The molecule has 1 saturated carbocycles. The number of benzene rings is 1. The van der Waals surface area contributed by atoms with E-state index in [1.807, 2.05) is 24.3 Å². The molecule has 0 unspecified atom stereocenters. The normalized spacial score (nSPS) is 17.6. The molecule has 1 aromatic carbocycles. The fraction of sp³-hybridized carbons (Fsp3) is 0.375. The Balaban J connectivity index is 1.69. The number of aromatic nitrogens is 1. The third-order valence-electron chi connectivity index (χ3n) is 3.94. The number of fused-ring (bicyclic) bond motifs is 1. The number of rotatable bonds is 4. The molecule has 0 radical (unpaired) electrons. The van der Waals surface area contributed by atoms with Gasteiger partial charge in [-0.25, -0.2) is 4.98 Å². The monoisotopic (exact) mass is 286 g/mol. The first-order valence-electron chi connectivity index (χ1n) is 7.17. The van der Waals surface area contributed by atoms with Gasteiger partial charge < -0.3 is 14.8 Å². The number of aliphatic hydroxyl groups excluding tert-OH is 1. The van der Waals surface area contributed by atoms with Crippen LogP contribution >= 0.6 is 0 Å². The highest BCUT2D eigenvalue weighted by Gasteiger charge is 2.33. The number of nitrogens with zero attached hydrogens (tertiary/aromatic N) is 1. The van der Waals surface area contributed by atoms with E-state index < -0.39 is 5.54 Å². The highest BCUT2D eigenvalue weighted by Crippen LogP contribution is 2.29. The first kappa shape index (κ1) is 13.8. The Hall–Kier alpha value is -2.14. The zero-order valence-corrected chi connectivity index (χ0v) is 11.7. The number of carbonyl (C=O) groups is 1. The molecule has 1 amide bonds. The van der Waals surface area contributed by atoms with Crippen molar-refractivity contribution in [2.75, 3.05) is 6.61 Å². The van der Waals surface area contributed by atoms with Gasteiger partial charge in [-0.05, 0) is 25.0 Å². The first-order valence-corrected chi connectivity index (χ1v) is 7.17. The molecule has 1 fully saturated rings. The van der Waals surface area contributed by atoms with E-state index >= 15 is 0 Å². The minimum atomic E-state index is -0.456. The lowest BCUT2D eigenvalue weighted by Crippen LogP contribution is -2.48. The van der Waals surface area contributed by atoms with Gasteiger partial charge in [0.25, 0.3) is 0 Å². The van der Waals surface area contributed by atoms with Gasteiger partial charge in [-0.2, -0.15) is 0 Å². The average Bonchev–Trinajstić information content (AvgIpc) is 3.11. The third-order valence-corrected chi connectivity index (χ3v) is 3.94. The van der Waals surface area contributed by atoms with Crippen molar-refractivity contribution < 1.29 is 14.3 Å². The lowest BCUT2D eigenvalue weighted by molar-refractivity contribution is -0.118. The Morgan fingerprint density at radius 1 is 1.38 bits per heavy atom. The van der Waals surface area contributed by atoms with E-state index in [9.17, 15) is 9.90 Å². The number of aliphatic hydroxyl groups is 1. The third kappa shape index (κ3) is 2.97.